The molecule has 1 aromatic rings. The second kappa shape index (κ2) is 5.60. The van der Waals surface area contributed by atoms with Gasteiger partial charge in [-0.1, -0.05) is 23.2 Å². The second-order valence-electron chi connectivity index (χ2n) is 4.05. The Kier molecular flexibility index (Phi) is 4.06. The first-order valence-corrected chi connectivity index (χ1v) is 6.25. The number of aromatic hydroxyl groups is 1. The fourth-order valence-electron chi connectivity index (χ4n) is 1.63. The number of phenols is 1. The first-order chi connectivity index (χ1) is 9.38. The molecule has 1 aromatic carbocycles. The Hall–Kier alpha value is -1.92. The van der Waals surface area contributed by atoms with E-state index in [0.717, 1.165) is 0 Å². The quantitative estimate of drug-likeness (QED) is 0.820. The maximum Gasteiger partial charge on any atom is 0.347 e. The molecule has 2 rings (SSSR count). The average molecular weight is 314 g/mol. The number of hydrogen-bond acceptors (Lipinski definition) is 4. The molecule has 104 valence electrons. The number of nitrogens with zero attached hydrogens (tertiary/aromatic N) is 2. The van der Waals surface area contributed by atoms with Crippen molar-refractivity contribution < 1.29 is 14.7 Å². The van der Waals surface area contributed by atoms with Crippen molar-refractivity contribution in [3.63, 3.8) is 0 Å². The average Bonchev–Trinajstić information content (AvgIpc) is 2.33. The molecule has 8 heteroatoms. The monoisotopic (exact) mass is 313 g/mol. The van der Waals surface area contributed by atoms with Crippen LogP contribution in [0.5, 0.6) is 5.75 Å². The summed E-state index contributed by atoms with van der Waals surface area (Å²) in [6, 6.07) is 1.19. The number of amides is 3. The topological polar surface area (TPSA) is 91.1 Å². The molecule has 0 spiro atoms. The van der Waals surface area contributed by atoms with Gasteiger partial charge in [0.05, 0.1) is 10.7 Å². The van der Waals surface area contributed by atoms with Crippen molar-refractivity contribution in [2.45, 2.75) is 13.0 Å². The summed E-state index contributed by atoms with van der Waals surface area (Å²) < 4.78 is 0. The lowest BCUT2D eigenvalue weighted by molar-refractivity contribution is -0.119. The molecule has 2 N–H and O–H groups in total. The van der Waals surface area contributed by atoms with Crippen LogP contribution in [0.4, 0.5) is 4.79 Å². The van der Waals surface area contributed by atoms with E-state index in [1.54, 1.807) is 0 Å². The Morgan fingerprint density at radius 3 is 2.75 bits per heavy atom. The molecule has 0 radical (unpaired) electrons. The van der Waals surface area contributed by atoms with Gasteiger partial charge in [-0.3, -0.25) is 15.1 Å². The van der Waals surface area contributed by atoms with Gasteiger partial charge in [0.25, 0.3) is 5.91 Å². The Morgan fingerprint density at radius 1 is 1.40 bits per heavy atom. The van der Waals surface area contributed by atoms with Crippen molar-refractivity contribution in [1.29, 1.82) is 0 Å². The summed E-state index contributed by atoms with van der Waals surface area (Å²) in [7, 11) is 0. The van der Waals surface area contributed by atoms with Gasteiger partial charge in [0.1, 0.15) is 5.75 Å². The highest BCUT2D eigenvalue weighted by Gasteiger charge is 2.27. The van der Waals surface area contributed by atoms with Gasteiger partial charge in [0, 0.05) is 16.8 Å². The molecule has 0 bridgehead atoms. The third-order valence-corrected chi connectivity index (χ3v) is 3.08. The molecule has 0 saturated heterocycles. The number of halogens is 2. The highest BCUT2D eigenvalue weighted by atomic mass is 35.5. The zero-order valence-electron chi connectivity index (χ0n) is 10.2. The molecule has 1 aliphatic heterocycles. The minimum atomic E-state index is -0.926. The summed E-state index contributed by atoms with van der Waals surface area (Å²) in [5.41, 5.74) is 0.530. The van der Waals surface area contributed by atoms with Crippen LogP contribution in [-0.2, 0) is 4.79 Å². The molecule has 0 aliphatic carbocycles. The van der Waals surface area contributed by atoms with Gasteiger partial charge in [0.15, 0.2) is 6.04 Å². The molecule has 1 aliphatic rings. The van der Waals surface area contributed by atoms with E-state index < -0.39 is 18.0 Å². The fourth-order valence-corrected chi connectivity index (χ4v) is 2.14. The van der Waals surface area contributed by atoms with E-state index in [0.29, 0.717) is 5.02 Å². The minimum Gasteiger partial charge on any atom is -0.506 e. The number of urea groups is 1. The molecule has 6 nitrogen and oxygen atoms in total. The Morgan fingerprint density at radius 2 is 2.10 bits per heavy atom. The van der Waals surface area contributed by atoms with Crippen molar-refractivity contribution in [3.05, 3.63) is 27.7 Å². The third-order valence-electron chi connectivity index (χ3n) is 2.57. The highest BCUT2D eigenvalue weighted by Crippen LogP contribution is 2.30. The Labute approximate surface area is 124 Å². The molecule has 0 saturated carbocycles. The van der Waals surface area contributed by atoms with Gasteiger partial charge in [-0.05, 0) is 19.1 Å². The maximum absolute atomic E-state index is 11.6. The lowest BCUT2D eigenvalue weighted by Gasteiger charge is -2.15. The van der Waals surface area contributed by atoms with Gasteiger partial charge in [0.2, 0.25) is 0 Å². The molecular weight excluding hydrogens is 305 g/mol. The van der Waals surface area contributed by atoms with E-state index in [9.17, 15) is 14.7 Å². The first kappa shape index (κ1) is 14.5. The van der Waals surface area contributed by atoms with Crippen molar-refractivity contribution >= 4 is 47.1 Å². The Bertz CT molecular complexity index is 656. The summed E-state index contributed by atoms with van der Waals surface area (Å²) in [6.45, 7) is 1.52. The summed E-state index contributed by atoms with van der Waals surface area (Å²) in [4.78, 5) is 30.2. The lowest BCUT2D eigenvalue weighted by atomic mass is 10.1. The van der Waals surface area contributed by atoms with Gasteiger partial charge >= 0.3 is 6.03 Å². The number of phenolic OH excluding ortho intramolecular Hbond substituents is 1. The first-order valence-electron chi connectivity index (χ1n) is 5.49. The van der Waals surface area contributed by atoms with E-state index in [1.165, 1.54) is 25.3 Å². The van der Waals surface area contributed by atoms with E-state index in [-0.39, 0.29) is 22.0 Å². The van der Waals surface area contributed by atoms with Crippen LogP contribution in [0.25, 0.3) is 0 Å². The molecule has 3 amide bonds. The second-order valence-corrected chi connectivity index (χ2v) is 4.90. The van der Waals surface area contributed by atoms with Crippen LogP contribution in [0.2, 0.25) is 10.0 Å². The summed E-state index contributed by atoms with van der Waals surface area (Å²) >= 11 is 11.6. The number of aliphatic imine (C=N–C) groups is 2. The standard InChI is InChI=1S/C12H9Cl2N3O3/c1-5-9(11(19)17-12(20)16-5)15-4-6-2-7(13)3-8(14)10(6)18/h2-4,9,18H,1H3,(H,17,19,20). The van der Waals surface area contributed by atoms with Crippen LogP contribution in [0.1, 0.15) is 12.5 Å². The van der Waals surface area contributed by atoms with Gasteiger partial charge in [-0.25, -0.2) is 9.79 Å². The van der Waals surface area contributed by atoms with Gasteiger partial charge in [-0.15, -0.1) is 0 Å². The molecule has 20 heavy (non-hydrogen) atoms. The van der Waals surface area contributed by atoms with Gasteiger partial charge in [-0.2, -0.15) is 0 Å². The minimum absolute atomic E-state index is 0.0765. The lowest BCUT2D eigenvalue weighted by Crippen LogP contribution is -2.45. The smallest absolute Gasteiger partial charge is 0.347 e. The molecule has 1 heterocycles. The van der Waals surface area contributed by atoms with Crippen LogP contribution in [0, 0.1) is 0 Å². The SMILES string of the molecule is CC1=NC(=O)NC(=O)C1N=Cc1cc(Cl)cc(Cl)c1O. The van der Waals surface area contributed by atoms with Crippen LogP contribution in [-0.4, -0.2) is 35.0 Å². The molecule has 0 aromatic heterocycles. The number of rotatable bonds is 2. The molecule has 1 unspecified atom stereocenters. The van der Waals surface area contributed by atoms with Crippen LogP contribution >= 0.6 is 23.2 Å². The highest BCUT2D eigenvalue weighted by molar-refractivity contribution is 6.36. The number of nitrogens with one attached hydrogen (secondary N) is 1. The van der Waals surface area contributed by atoms with Gasteiger partial charge < -0.3 is 5.11 Å². The number of imide groups is 1. The van der Waals surface area contributed by atoms with E-state index >= 15 is 0 Å². The van der Waals surface area contributed by atoms with Crippen LogP contribution in [0.3, 0.4) is 0 Å². The zero-order chi connectivity index (χ0) is 14.9. The Balaban J connectivity index is 2.32. The molecule has 0 fully saturated rings. The molecule has 1 atom stereocenters. The number of carbonyl (C=O) groups is 2. The van der Waals surface area contributed by atoms with Crippen molar-refractivity contribution in [3.8, 4) is 5.75 Å². The number of benzene rings is 1. The van der Waals surface area contributed by atoms with Crippen LogP contribution in [0.15, 0.2) is 22.1 Å². The van der Waals surface area contributed by atoms with E-state index in [1.807, 2.05) is 5.32 Å². The zero-order valence-corrected chi connectivity index (χ0v) is 11.7. The van der Waals surface area contributed by atoms with Crippen molar-refractivity contribution in [2.24, 2.45) is 9.98 Å². The molecular formula is C12H9Cl2N3O3. The largest absolute Gasteiger partial charge is 0.506 e. The fraction of sp³-hybridized carbons (Fsp3) is 0.167. The number of hydrogen-bond donors (Lipinski definition) is 2. The summed E-state index contributed by atoms with van der Waals surface area (Å²) in [5.74, 6) is -0.770. The van der Waals surface area contributed by atoms with E-state index in [2.05, 4.69) is 9.98 Å². The number of carbonyl (C=O) groups excluding carboxylic acids is 2. The van der Waals surface area contributed by atoms with Crippen molar-refractivity contribution in [2.75, 3.05) is 0 Å². The maximum atomic E-state index is 11.6. The third kappa shape index (κ3) is 2.97. The summed E-state index contributed by atoms with van der Waals surface area (Å²) in [5, 5.41) is 12.2. The van der Waals surface area contributed by atoms with E-state index in [4.69, 9.17) is 23.2 Å². The van der Waals surface area contributed by atoms with Crippen LogP contribution < -0.4 is 5.32 Å². The normalized spacial score (nSPS) is 19.1. The van der Waals surface area contributed by atoms with Crippen molar-refractivity contribution in [1.82, 2.24) is 5.32 Å². The predicted octanol–water partition coefficient (Wildman–Crippen LogP) is 2.20. The summed E-state index contributed by atoms with van der Waals surface area (Å²) in [6.07, 6.45) is 1.26. The predicted molar refractivity (Wildman–Crippen MR) is 76.2 cm³/mol.